The second-order valence-corrected chi connectivity index (χ2v) is 16.4. The van der Waals surface area contributed by atoms with Crippen LogP contribution in [0.5, 0.6) is 0 Å². The number of halogens is 3. The Balaban J connectivity index is 1.22. The van der Waals surface area contributed by atoms with Crippen molar-refractivity contribution in [2.75, 3.05) is 28.2 Å². The van der Waals surface area contributed by atoms with Crippen LogP contribution in [0.3, 0.4) is 0 Å². The van der Waals surface area contributed by atoms with Crippen LogP contribution in [-0.4, -0.2) is 58.3 Å². The predicted molar refractivity (Wildman–Crippen MR) is 173 cm³/mol. The highest BCUT2D eigenvalue weighted by molar-refractivity contribution is 8.10. The van der Waals surface area contributed by atoms with Crippen LogP contribution in [0, 0.1) is 5.82 Å². The smallest absolute Gasteiger partial charge is 0.279 e. The number of carbonyl (C=O) groups is 1. The summed E-state index contributed by atoms with van der Waals surface area (Å²) in [5.74, 6) is -0.565. The Kier molecular flexibility index (Phi) is 8.94. The van der Waals surface area contributed by atoms with Crippen LogP contribution >= 0.6 is 34.5 Å². The van der Waals surface area contributed by atoms with E-state index in [0.717, 1.165) is 60.6 Å². The van der Waals surface area contributed by atoms with E-state index >= 15 is 0 Å². The van der Waals surface area contributed by atoms with Gasteiger partial charge in [0.1, 0.15) is 5.82 Å². The zero-order valence-corrected chi connectivity index (χ0v) is 27.6. The number of amides is 1. The molecule has 0 bridgehead atoms. The second kappa shape index (κ2) is 12.6. The van der Waals surface area contributed by atoms with E-state index in [4.69, 9.17) is 23.2 Å². The number of aromatic nitrogens is 1. The fourth-order valence-electron chi connectivity index (χ4n) is 5.87. The van der Waals surface area contributed by atoms with E-state index in [1.54, 1.807) is 11.0 Å². The minimum atomic E-state index is -4.69. The fraction of sp³-hybridized carbons (Fsp3) is 0.267. The maximum absolute atomic E-state index is 13.8. The van der Waals surface area contributed by atoms with Gasteiger partial charge in [-0.15, -0.1) is 15.0 Å². The lowest BCUT2D eigenvalue weighted by Crippen LogP contribution is -2.46. The predicted octanol–water partition coefficient (Wildman–Crippen LogP) is 6.16. The molecule has 2 atom stereocenters. The number of thiazole rings is 1. The first-order chi connectivity index (χ1) is 21.4. The van der Waals surface area contributed by atoms with Crippen LogP contribution in [0.2, 0.25) is 10.0 Å². The van der Waals surface area contributed by atoms with Crippen molar-refractivity contribution < 1.29 is 26.0 Å². The van der Waals surface area contributed by atoms with Crippen LogP contribution in [0.4, 0.5) is 15.2 Å². The number of benzene rings is 3. The highest BCUT2D eigenvalue weighted by Gasteiger charge is 2.41. The molecule has 1 aromatic heterocycles. The van der Waals surface area contributed by atoms with Gasteiger partial charge in [-0.05, 0) is 104 Å². The van der Waals surface area contributed by atoms with Crippen molar-refractivity contribution in [3.63, 3.8) is 0 Å². The van der Waals surface area contributed by atoms with Gasteiger partial charge in [-0.25, -0.2) is 9.37 Å². The van der Waals surface area contributed by atoms with Crippen LogP contribution in [0.15, 0.2) is 88.1 Å². The van der Waals surface area contributed by atoms with Gasteiger partial charge in [0.25, 0.3) is 20.0 Å². The van der Waals surface area contributed by atoms with Crippen molar-refractivity contribution in [3.8, 4) is 0 Å². The van der Waals surface area contributed by atoms with Gasteiger partial charge in [0.2, 0.25) is 11.0 Å². The highest BCUT2D eigenvalue weighted by atomic mass is 35.5. The van der Waals surface area contributed by atoms with Gasteiger partial charge in [0.15, 0.2) is 0 Å². The summed E-state index contributed by atoms with van der Waals surface area (Å²) in [4.78, 5) is 20.6. The third kappa shape index (κ3) is 6.34. The zero-order valence-electron chi connectivity index (χ0n) is 23.6. The lowest BCUT2D eigenvalue weighted by molar-refractivity contribution is -0.122. The van der Waals surface area contributed by atoms with E-state index in [0.29, 0.717) is 35.2 Å². The Morgan fingerprint density at radius 1 is 0.867 bits per heavy atom. The quantitative estimate of drug-likeness (QED) is 0.216. The number of nitrogens with zero attached hydrogens (tertiary/aromatic N) is 4. The number of hydrogen-bond donors (Lipinski definition) is 0. The first-order valence-electron chi connectivity index (χ1n) is 14.0. The maximum Gasteiger partial charge on any atom is 0.279 e. The van der Waals surface area contributed by atoms with E-state index in [1.807, 2.05) is 12.1 Å². The standard InChI is InChI=1S/C30H27Cl2FN4O5S3/c31-22-16-21(17-23(32)18-22)20-2-1-13-35(19-20)28-11-14-36(29(28)38)25-5-9-27(10-6-25)45(41,42)37(30-34-12-15-43-30)44(39,40)26-7-3-24(33)4-8-26/h3-10,12,15-18,20,28H,1-2,11,13-14,19H2. The van der Waals surface area contributed by atoms with E-state index in [9.17, 15) is 26.0 Å². The highest BCUT2D eigenvalue weighted by Crippen LogP contribution is 2.36. The minimum absolute atomic E-state index is 0.0846. The first kappa shape index (κ1) is 31.9. The summed E-state index contributed by atoms with van der Waals surface area (Å²) in [6, 6.07) is 14.6. The molecule has 45 heavy (non-hydrogen) atoms. The number of sulfonamides is 2. The van der Waals surface area contributed by atoms with E-state index in [2.05, 4.69) is 9.88 Å². The number of hydrogen-bond acceptors (Lipinski definition) is 8. The Morgan fingerprint density at radius 3 is 2.09 bits per heavy atom. The molecule has 0 aliphatic carbocycles. The van der Waals surface area contributed by atoms with Gasteiger partial charge in [-0.1, -0.05) is 23.2 Å². The van der Waals surface area contributed by atoms with Crippen molar-refractivity contribution in [2.24, 2.45) is 0 Å². The molecule has 0 N–H and O–H groups in total. The molecule has 2 aliphatic heterocycles. The molecule has 1 amide bonds. The SMILES string of the molecule is O=C1C(N2CCCC(c3cc(Cl)cc(Cl)c3)C2)CCN1c1ccc(S(=O)(=O)N(c2nccs2)S(=O)(=O)c2ccc(F)cc2)cc1. The zero-order chi connectivity index (χ0) is 31.9. The van der Waals surface area contributed by atoms with Crippen molar-refractivity contribution in [3.05, 3.63) is 99.7 Å². The van der Waals surface area contributed by atoms with Gasteiger partial charge in [0.05, 0.1) is 15.8 Å². The van der Waals surface area contributed by atoms with E-state index < -0.39 is 30.8 Å². The van der Waals surface area contributed by atoms with Gasteiger partial charge < -0.3 is 4.90 Å². The summed E-state index contributed by atoms with van der Waals surface area (Å²) in [5, 5.41) is 2.31. The molecule has 2 unspecified atom stereocenters. The van der Waals surface area contributed by atoms with Crippen LogP contribution in [0.1, 0.15) is 30.7 Å². The minimum Gasteiger partial charge on any atom is -0.311 e. The van der Waals surface area contributed by atoms with E-state index in [-0.39, 0.29) is 31.6 Å². The summed E-state index contributed by atoms with van der Waals surface area (Å²) in [5.41, 5.74) is 1.54. The normalized spacial score (nSPS) is 19.6. The monoisotopic (exact) mass is 708 g/mol. The summed E-state index contributed by atoms with van der Waals surface area (Å²) in [7, 11) is -9.38. The van der Waals surface area contributed by atoms with Crippen molar-refractivity contribution in [1.82, 2.24) is 9.88 Å². The molecule has 236 valence electrons. The van der Waals surface area contributed by atoms with Crippen molar-refractivity contribution in [2.45, 2.75) is 41.0 Å². The molecule has 0 spiro atoms. The van der Waals surface area contributed by atoms with Gasteiger partial charge in [-0.3, -0.25) is 9.69 Å². The summed E-state index contributed by atoms with van der Waals surface area (Å²) >= 11 is 13.3. The topological polar surface area (TPSA) is 108 Å². The molecule has 4 aromatic rings. The summed E-state index contributed by atoms with van der Waals surface area (Å²) < 4.78 is 68.4. The van der Waals surface area contributed by atoms with Crippen LogP contribution in [0.25, 0.3) is 0 Å². The largest absolute Gasteiger partial charge is 0.311 e. The molecule has 6 rings (SSSR count). The van der Waals surface area contributed by atoms with Crippen LogP contribution < -0.4 is 8.61 Å². The molecular weight excluding hydrogens is 682 g/mol. The van der Waals surface area contributed by atoms with Crippen molar-refractivity contribution >= 4 is 71.3 Å². The molecule has 0 saturated carbocycles. The van der Waals surface area contributed by atoms with Gasteiger partial charge in [-0.2, -0.15) is 16.8 Å². The first-order valence-corrected chi connectivity index (χ1v) is 18.5. The lowest BCUT2D eigenvalue weighted by atomic mass is 9.89. The Labute approximate surface area is 274 Å². The van der Waals surface area contributed by atoms with Crippen molar-refractivity contribution in [1.29, 1.82) is 0 Å². The molecular formula is C30H27Cl2FN4O5S3. The Hall–Kier alpha value is -3.07. The van der Waals surface area contributed by atoms with Crippen LogP contribution in [-0.2, 0) is 24.8 Å². The molecule has 3 heterocycles. The van der Waals surface area contributed by atoms with E-state index in [1.165, 1.54) is 35.8 Å². The number of likely N-dealkylation sites (tertiary alicyclic amines) is 1. The summed E-state index contributed by atoms with van der Waals surface area (Å²) in [6.45, 7) is 1.92. The van der Waals surface area contributed by atoms with Gasteiger partial charge >= 0.3 is 0 Å². The molecule has 2 saturated heterocycles. The molecule has 2 fully saturated rings. The summed E-state index contributed by atoms with van der Waals surface area (Å²) in [6.07, 6.45) is 3.77. The fourth-order valence-corrected chi connectivity index (χ4v) is 11.1. The molecule has 9 nitrogen and oxygen atoms in total. The molecule has 3 aromatic carbocycles. The molecule has 2 aliphatic rings. The Morgan fingerprint density at radius 2 is 1.49 bits per heavy atom. The average molecular weight is 710 g/mol. The molecule has 15 heteroatoms. The number of rotatable bonds is 8. The van der Waals surface area contributed by atoms with Gasteiger partial charge in [0, 0.05) is 40.4 Å². The molecule has 0 radical (unpaired) electrons. The average Bonchev–Trinajstić information content (AvgIpc) is 3.67. The number of carbonyl (C=O) groups excluding carboxylic acids is 1. The lowest BCUT2D eigenvalue weighted by Gasteiger charge is -2.36. The maximum atomic E-state index is 13.8. The third-order valence-electron chi connectivity index (χ3n) is 8.00. The second-order valence-electron chi connectivity index (χ2n) is 10.8. The number of piperidine rings is 1. The number of anilines is 2. The third-order valence-corrected chi connectivity index (χ3v) is 13.6. The Bertz CT molecular complexity index is 1910.